The second kappa shape index (κ2) is 4.21. The molecule has 0 spiro atoms. The van der Waals surface area contributed by atoms with E-state index in [0.29, 0.717) is 5.92 Å². The maximum Gasteiger partial charge on any atom is 0.297 e. The lowest BCUT2D eigenvalue weighted by atomic mass is 10.1. The Hall–Kier alpha value is -1.13. The van der Waals surface area contributed by atoms with Gasteiger partial charge in [0.25, 0.3) is 10.1 Å². The van der Waals surface area contributed by atoms with Crippen molar-refractivity contribution in [2.24, 2.45) is 11.8 Å². The Balaban J connectivity index is 1.79. The van der Waals surface area contributed by atoms with Crippen molar-refractivity contribution in [1.29, 1.82) is 0 Å². The van der Waals surface area contributed by atoms with Gasteiger partial charge in [0.15, 0.2) is 0 Å². The minimum absolute atomic E-state index is 0.175. The van der Waals surface area contributed by atoms with Gasteiger partial charge in [-0.05, 0) is 37.8 Å². The monoisotopic (exact) mass is 264 g/mol. The van der Waals surface area contributed by atoms with Crippen LogP contribution in [0.3, 0.4) is 0 Å². The van der Waals surface area contributed by atoms with Crippen LogP contribution >= 0.6 is 0 Å². The molecule has 3 rings (SSSR count). The largest absolute Gasteiger partial charge is 0.297 e. The maximum atomic E-state index is 12.1. The number of fused-ring (bicyclic) bond motifs is 2. The number of allylic oxidation sites excluding steroid dienone is 1. The second-order valence-corrected chi connectivity index (χ2v) is 6.75. The number of hydrogen-bond donors (Lipinski definition) is 0. The average Bonchev–Trinajstić information content (AvgIpc) is 2.91. The summed E-state index contributed by atoms with van der Waals surface area (Å²) in [7, 11) is -3.62. The lowest BCUT2D eigenvalue weighted by molar-refractivity contribution is 0.182. The molecule has 1 aromatic rings. The molecule has 2 aliphatic carbocycles. The van der Waals surface area contributed by atoms with E-state index in [1.165, 1.54) is 0 Å². The molecule has 0 unspecified atom stereocenters. The Labute approximate surface area is 108 Å². The zero-order valence-electron chi connectivity index (χ0n) is 10.2. The van der Waals surface area contributed by atoms with Crippen LogP contribution < -0.4 is 0 Å². The molecule has 1 aromatic carbocycles. The van der Waals surface area contributed by atoms with E-state index >= 15 is 0 Å². The van der Waals surface area contributed by atoms with Crippen molar-refractivity contribution < 1.29 is 12.6 Å². The van der Waals surface area contributed by atoms with Crippen molar-refractivity contribution >= 4 is 10.1 Å². The molecule has 18 heavy (non-hydrogen) atoms. The molecule has 0 saturated heterocycles. The molecule has 0 aliphatic heterocycles. The smallest absolute Gasteiger partial charge is 0.262 e. The fourth-order valence-electron chi connectivity index (χ4n) is 2.76. The molecule has 96 valence electrons. The normalized spacial score (nSPS) is 29.9. The third-order valence-corrected chi connectivity index (χ3v) is 5.13. The number of aryl methyl sites for hydroxylation is 1. The molecule has 2 aliphatic rings. The first-order valence-corrected chi connectivity index (χ1v) is 7.64. The van der Waals surface area contributed by atoms with Crippen molar-refractivity contribution in [1.82, 2.24) is 0 Å². The van der Waals surface area contributed by atoms with Gasteiger partial charge in [-0.2, -0.15) is 8.42 Å². The first-order chi connectivity index (χ1) is 8.54. The van der Waals surface area contributed by atoms with Crippen LogP contribution in [0.25, 0.3) is 0 Å². The molecule has 3 nitrogen and oxygen atoms in total. The first-order valence-electron chi connectivity index (χ1n) is 6.23. The second-order valence-electron chi connectivity index (χ2n) is 5.18. The van der Waals surface area contributed by atoms with E-state index in [1.54, 1.807) is 24.3 Å². The van der Waals surface area contributed by atoms with Gasteiger partial charge in [-0.3, -0.25) is 4.18 Å². The van der Waals surface area contributed by atoms with Gasteiger partial charge in [-0.1, -0.05) is 29.8 Å². The van der Waals surface area contributed by atoms with E-state index in [0.717, 1.165) is 18.4 Å². The van der Waals surface area contributed by atoms with Gasteiger partial charge in [0.1, 0.15) is 0 Å². The highest BCUT2D eigenvalue weighted by Crippen LogP contribution is 2.41. The molecular formula is C14H16O3S. The summed E-state index contributed by atoms with van der Waals surface area (Å²) in [4.78, 5) is 0.250. The fraction of sp³-hybridized carbons (Fsp3) is 0.429. The third kappa shape index (κ3) is 2.10. The molecular weight excluding hydrogens is 248 g/mol. The Bertz CT molecular complexity index is 572. The maximum absolute atomic E-state index is 12.1. The minimum atomic E-state index is -3.62. The molecule has 1 fully saturated rings. The predicted molar refractivity (Wildman–Crippen MR) is 68.6 cm³/mol. The molecule has 3 atom stereocenters. The Morgan fingerprint density at radius 3 is 2.39 bits per heavy atom. The zero-order chi connectivity index (χ0) is 12.8. The highest BCUT2D eigenvalue weighted by Gasteiger charge is 2.39. The Morgan fingerprint density at radius 2 is 1.83 bits per heavy atom. The summed E-state index contributed by atoms with van der Waals surface area (Å²) in [5.41, 5.74) is 1.04. The van der Waals surface area contributed by atoms with Gasteiger partial charge < -0.3 is 0 Å². The summed E-state index contributed by atoms with van der Waals surface area (Å²) in [5.74, 6) is 0.781. The molecule has 1 saturated carbocycles. The van der Waals surface area contributed by atoms with Gasteiger partial charge in [-0.15, -0.1) is 0 Å². The highest BCUT2D eigenvalue weighted by molar-refractivity contribution is 7.86. The van der Waals surface area contributed by atoms with Crippen molar-refractivity contribution in [3.63, 3.8) is 0 Å². The lowest BCUT2D eigenvalue weighted by Crippen LogP contribution is -2.22. The Morgan fingerprint density at radius 1 is 1.11 bits per heavy atom. The lowest BCUT2D eigenvalue weighted by Gasteiger charge is -2.18. The van der Waals surface area contributed by atoms with Crippen LogP contribution in [0.15, 0.2) is 41.3 Å². The number of benzene rings is 1. The molecule has 0 amide bonds. The van der Waals surface area contributed by atoms with Crippen LogP contribution in [-0.2, 0) is 14.3 Å². The molecule has 0 aromatic heterocycles. The fourth-order valence-corrected chi connectivity index (χ4v) is 3.89. The summed E-state index contributed by atoms with van der Waals surface area (Å²) in [6, 6.07) is 6.79. The van der Waals surface area contributed by atoms with E-state index in [2.05, 4.69) is 12.2 Å². The van der Waals surface area contributed by atoms with Crippen LogP contribution in [-0.4, -0.2) is 14.5 Å². The average molecular weight is 264 g/mol. The van der Waals surface area contributed by atoms with Crippen LogP contribution in [0, 0.1) is 18.8 Å². The summed E-state index contributed by atoms with van der Waals surface area (Å²) >= 11 is 0. The first kappa shape index (κ1) is 11.9. The molecule has 0 N–H and O–H groups in total. The van der Waals surface area contributed by atoms with Gasteiger partial charge in [0, 0.05) is 5.92 Å². The SMILES string of the molecule is Cc1ccc(S(=O)(=O)O[C@H]2C[C@H]3C=C[C@H]2C3)cc1. The summed E-state index contributed by atoms with van der Waals surface area (Å²) in [6.07, 6.45) is 5.94. The van der Waals surface area contributed by atoms with E-state index in [1.807, 2.05) is 6.92 Å². The van der Waals surface area contributed by atoms with Crippen LogP contribution in [0.4, 0.5) is 0 Å². The minimum Gasteiger partial charge on any atom is -0.262 e. The van der Waals surface area contributed by atoms with Crippen LogP contribution in [0.2, 0.25) is 0 Å². The van der Waals surface area contributed by atoms with E-state index < -0.39 is 10.1 Å². The summed E-state index contributed by atoms with van der Waals surface area (Å²) < 4.78 is 29.6. The Kier molecular flexibility index (Phi) is 2.79. The van der Waals surface area contributed by atoms with E-state index in [-0.39, 0.29) is 16.9 Å². The summed E-state index contributed by atoms with van der Waals surface area (Å²) in [5, 5.41) is 0. The zero-order valence-corrected chi connectivity index (χ0v) is 11.1. The van der Waals surface area contributed by atoms with Gasteiger partial charge >= 0.3 is 0 Å². The van der Waals surface area contributed by atoms with Crippen molar-refractivity contribution in [2.75, 3.05) is 0 Å². The van der Waals surface area contributed by atoms with E-state index in [9.17, 15) is 8.42 Å². The van der Waals surface area contributed by atoms with Crippen molar-refractivity contribution in [2.45, 2.75) is 30.8 Å². The summed E-state index contributed by atoms with van der Waals surface area (Å²) in [6.45, 7) is 1.93. The molecule has 0 heterocycles. The number of rotatable bonds is 3. The topological polar surface area (TPSA) is 43.4 Å². The number of hydrogen-bond acceptors (Lipinski definition) is 3. The third-order valence-electron chi connectivity index (χ3n) is 3.78. The van der Waals surface area contributed by atoms with Gasteiger partial charge in [0.05, 0.1) is 11.0 Å². The molecule has 4 heteroatoms. The van der Waals surface area contributed by atoms with Gasteiger partial charge in [-0.25, -0.2) is 0 Å². The quantitative estimate of drug-likeness (QED) is 0.622. The van der Waals surface area contributed by atoms with Crippen molar-refractivity contribution in [3.05, 3.63) is 42.0 Å². The predicted octanol–water partition coefficient (Wildman–Crippen LogP) is 2.66. The standard InChI is InChI=1S/C14H16O3S/c1-10-2-6-13(7-3-10)18(15,16)17-14-9-11-4-5-12(14)8-11/h2-7,11-12,14H,8-9H2,1H3/t11-,12-,14-/m0/s1. The highest BCUT2D eigenvalue weighted by atomic mass is 32.2. The molecule has 2 bridgehead atoms. The van der Waals surface area contributed by atoms with Gasteiger partial charge in [0.2, 0.25) is 0 Å². The van der Waals surface area contributed by atoms with E-state index in [4.69, 9.17) is 4.18 Å². The molecule has 0 radical (unpaired) electrons. The van der Waals surface area contributed by atoms with Crippen LogP contribution in [0.1, 0.15) is 18.4 Å². The van der Waals surface area contributed by atoms with Crippen LogP contribution in [0.5, 0.6) is 0 Å². The van der Waals surface area contributed by atoms with Crippen molar-refractivity contribution in [3.8, 4) is 0 Å².